The lowest BCUT2D eigenvalue weighted by atomic mass is 9.79. The molecule has 15 heteroatoms. The minimum atomic E-state index is -1.69. The summed E-state index contributed by atoms with van der Waals surface area (Å²) in [6.45, 7) is 12.0. The normalized spacial score (nSPS) is 20.9. The Bertz CT molecular complexity index is 1130. The average molecular weight is 667 g/mol. The zero-order valence-corrected chi connectivity index (χ0v) is 28.5. The van der Waals surface area contributed by atoms with Crippen molar-refractivity contribution in [2.24, 2.45) is 23.7 Å². The van der Waals surface area contributed by atoms with Crippen LogP contribution in [-0.4, -0.2) is 100 Å². The molecule has 1 saturated heterocycles. The van der Waals surface area contributed by atoms with Gasteiger partial charge in [0.2, 0.25) is 23.6 Å². The topological polar surface area (TPSA) is 223 Å². The van der Waals surface area contributed by atoms with Gasteiger partial charge in [0.05, 0.1) is 12.8 Å². The molecular weight excluding hydrogens is 612 g/mol. The lowest BCUT2D eigenvalue weighted by molar-refractivity contribution is -0.144. The SMILES string of the molecule is CC(C)C[C@@H](NC(=O)[C@@H](CC(=O)O)NC(=O)[C@H](CC(=O)N1CCCC1)NC(=O)[C@H](NC(=O)NC1[C@@H](C)CCC[C@@H]1C)C(C)C)C(=O)O. The van der Waals surface area contributed by atoms with Crippen LogP contribution in [0.3, 0.4) is 0 Å². The fourth-order valence-corrected chi connectivity index (χ4v) is 6.20. The molecule has 0 bridgehead atoms. The summed E-state index contributed by atoms with van der Waals surface area (Å²) in [5.74, 6) is -5.97. The number of hydrogen-bond donors (Lipinski definition) is 7. The Balaban J connectivity index is 2.25. The van der Waals surface area contributed by atoms with Gasteiger partial charge in [0.1, 0.15) is 24.2 Å². The van der Waals surface area contributed by atoms with Gasteiger partial charge in [-0.25, -0.2) is 9.59 Å². The molecule has 1 heterocycles. The first-order valence-corrected chi connectivity index (χ1v) is 16.7. The number of rotatable bonds is 16. The summed E-state index contributed by atoms with van der Waals surface area (Å²) in [5, 5.41) is 31.8. The van der Waals surface area contributed by atoms with Gasteiger partial charge < -0.3 is 41.7 Å². The summed E-state index contributed by atoms with van der Waals surface area (Å²) in [6, 6.07) is -6.24. The molecule has 0 radical (unpaired) electrons. The summed E-state index contributed by atoms with van der Waals surface area (Å²) in [5.41, 5.74) is 0. The zero-order valence-electron chi connectivity index (χ0n) is 28.5. The maximum Gasteiger partial charge on any atom is 0.326 e. The lowest BCUT2D eigenvalue weighted by Gasteiger charge is -2.35. The summed E-state index contributed by atoms with van der Waals surface area (Å²) < 4.78 is 0. The molecule has 6 atom stereocenters. The van der Waals surface area contributed by atoms with Crippen LogP contribution in [0, 0.1) is 23.7 Å². The van der Waals surface area contributed by atoms with Crippen LogP contribution in [0.25, 0.3) is 0 Å². The number of nitrogens with one attached hydrogen (secondary N) is 5. The van der Waals surface area contributed by atoms with Crippen molar-refractivity contribution in [1.82, 2.24) is 31.5 Å². The van der Waals surface area contributed by atoms with Crippen LogP contribution in [0.1, 0.15) is 92.9 Å². The van der Waals surface area contributed by atoms with Crippen molar-refractivity contribution >= 4 is 41.6 Å². The third-order valence-corrected chi connectivity index (χ3v) is 8.88. The third kappa shape index (κ3) is 12.7. The van der Waals surface area contributed by atoms with Crippen molar-refractivity contribution in [1.29, 1.82) is 0 Å². The third-order valence-electron chi connectivity index (χ3n) is 8.88. The molecule has 7 N–H and O–H groups in total. The number of nitrogens with zero attached hydrogens (tertiary/aromatic N) is 1. The Labute approximate surface area is 276 Å². The maximum atomic E-state index is 13.6. The van der Waals surface area contributed by atoms with Gasteiger partial charge in [-0.3, -0.25) is 24.0 Å². The van der Waals surface area contributed by atoms with E-state index in [1.54, 1.807) is 32.6 Å². The van der Waals surface area contributed by atoms with Crippen molar-refractivity contribution in [2.45, 2.75) is 123 Å². The first-order valence-electron chi connectivity index (χ1n) is 16.7. The Hall–Kier alpha value is -3.91. The van der Waals surface area contributed by atoms with Crippen LogP contribution < -0.4 is 26.6 Å². The molecule has 47 heavy (non-hydrogen) atoms. The number of amides is 6. The van der Waals surface area contributed by atoms with E-state index >= 15 is 0 Å². The number of carboxylic acids is 2. The van der Waals surface area contributed by atoms with E-state index in [0.29, 0.717) is 13.1 Å². The molecule has 1 aliphatic heterocycles. The monoisotopic (exact) mass is 666 g/mol. The fourth-order valence-electron chi connectivity index (χ4n) is 6.20. The van der Waals surface area contributed by atoms with Gasteiger partial charge in [-0.1, -0.05) is 48.0 Å². The highest BCUT2D eigenvalue weighted by molar-refractivity contribution is 5.98. The summed E-state index contributed by atoms with van der Waals surface area (Å²) in [7, 11) is 0. The minimum absolute atomic E-state index is 0.0631. The van der Waals surface area contributed by atoms with Gasteiger partial charge in [0.15, 0.2) is 0 Å². The van der Waals surface area contributed by atoms with Crippen molar-refractivity contribution in [2.75, 3.05) is 13.1 Å². The van der Waals surface area contributed by atoms with E-state index in [4.69, 9.17) is 0 Å². The van der Waals surface area contributed by atoms with E-state index in [1.165, 1.54) is 0 Å². The summed E-state index contributed by atoms with van der Waals surface area (Å²) in [6.07, 6.45) is 3.30. The van der Waals surface area contributed by atoms with E-state index < -0.39 is 84.5 Å². The van der Waals surface area contributed by atoms with Gasteiger partial charge in [0, 0.05) is 19.1 Å². The Morgan fingerprint density at radius 3 is 1.70 bits per heavy atom. The maximum absolute atomic E-state index is 13.6. The molecule has 0 aromatic carbocycles. The second-order valence-corrected chi connectivity index (χ2v) is 13.8. The van der Waals surface area contributed by atoms with Crippen molar-refractivity contribution < 1.29 is 43.8 Å². The molecule has 2 aliphatic rings. The molecule has 1 saturated carbocycles. The van der Waals surface area contributed by atoms with Crippen molar-refractivity contribution in [3.8, 4) is 0 Å². The van der Waals surface area contributed by atoms with Crippen LogP contribution in [0.5, 0.6) is 0 Å². The Kier molecular flexibility index (Phi) is 15.4. The first kappa shape index (κ1) is 39.3. The molecule has 0 unspecified atom stereocenters. The largest absolute Gasteiger partial charge is 0.481 e. The predicted octanol–water partition coefficient (Wildman–Crippen LogP) is 1.21. The number of aliphatic carboxylic acids is 2. The van der Waals surface area contributed by atoms with Crippen molar-refractivity contribution in [3.63, 3.8) is 0 Å². The smallest absolute Gasteiger partial charge is 0.326 e. The molecule has 0 spiro atoms. The lowest BCUT2D eigenvalue weighted by Crippen LogP contribution is -2.60. The van der Waals surface area contributed by atoms with E-state index in [2.05, 4.69) is 40.4 Å². The Morgan fingerprint density at radius 2 is 1.21 bits per heavy atom. The quantitative estimate of drug-likeness (QED) is 0.126. The molecule has 1 aliphatic carbocycles. The Morgan fingerprint density at radius 1 is 0.702 bits per heavy atom. The number of carboxylic acid groups (broad SMARTS) is 2. The highest BCUT2D eigenvalue weighted by Gasteiger charge is 2.36. The average Bonchev–Trinajstić information content (AvgIpc) is 3.51. The number of hydrogen-bond acceptors (Lipinski definition) is 7. The zero-order chi connectivity index (χ0) is 35.4. The van der Waals surface area contributed by atoms with Crippen molar-refractivity contribution in [3.05, 3.63) is 0 Å². The highest BCUT2D eigenvalue weighted by Crippen LogP contribution is 2.28. The molecule has 6 amide bonds. The fraction of sp³-hybridized carbons (Fsp3) is 0.781. The van der Waals surface area contributed by atoms with Crippen LogP contribution in [0.2, 0.25) is 0 Å². The number of carbonyl (C=O) groups is 7. The molecule has 0 aromatic rings. The van der Waals surface area contributed by atoms with Gasteiger partial charge in [0.25, 0.3) is 0 Å². The van der Waals surface area contributed by atoms with E-state index in [9.17, 15) is 43.8 Å². The van der Waals surface area contributed by atoms with Crippen LogP contribution in [-0.2, 0) is 28.8 Å². The molecule has 15 nitrogen and oxygen atoms in total. The minimum Gasteiger partial charge on any atom is -0.481 e. The van der Waals surface area contributed by atoms with E-state index in [-0.39, 0.29) is 30.2 Å². The van der Waals surface area contributed by atoms with E-state index in [1.807, 2.05) is 0 Å². The number of urea groups is 1. The van der Waals surface area contributed by atoms with Crippen LogP contribution >= 0.6 is 0 Å². The van der Waals surface area contributed by atoms with Crippen LogP contribution in [0.4, 0.5) is 4.79 Å². The highest BCUT2D eigenvalue weighted by atomic mass is 16.4. The second kappa shape index (κ2) is 18.4. The van der Waals surface area contributed by atoms with Gasteiger partial charge in [-0.2, -0.15) is 0 Å². The van der Waals surface area contributed by atoms with Gasteiger partial charge >= 0.3 is 18.0 Å². The van der Waals surface area contributed by atoms with Gasteiger partial charge in [-0.15, -0.1) is 0 Å². The molecule has 2 fully saturated rings. The number of carbonyl (C=O) groups excluding carboxylic acids is 5. The molecule has 0 aromatic heterocycles. The van der Waals surface area contributed by atoms with E-state index in [0.717, 1.165) is 32.1 Å². The first-order chi connectivity index (χ1) is 22.0. The van der Waals surface area contributed by atoms with Crippen LogP contribution in [0.15, 0.2) is 0 Å². The standard InChI is InChI=1S/C32H54N6O9/c1-17(2)14-23(31(45)46)35-29(43)22(16-25(40)41)33-28(42)21(15-24(39)38-12-7-8-13-38)34-30(44)26(18(3)4)36-32(47)37-27-19(5)10-9-11-20(27)6/h17-23,26-27H,7-16H2,1-6H3,(H,33,42)(H,34,44)(H,35,43)(H,40,41)(H,45,46)(H2,36,37,47)/t19-,20-,21-,22+,23+,26+/m0/s1. The molecular formula is C32H54N6O9. The number of likely N-dealkylation sites (tertiary alicyclic amines) is 1. The molecule has 2 rings (SSSR count). The second-order valence-electron chi connectivity index (χ2n) is 13.8. The summed E-state index contributed by atoms with van der Waals surface area (Å²) >= 11 is 0. The van der Waals surface area contributed by atoms with Gasteiger partial charge in [-0.05, 0) is 55.8 Å². The predicted molar refractivity (Wildman–Crippen MR) is 172 cm³/mol. The molecule has 266 valence electrons. The summed E-state index contributed by atoms with van der Waals surface area (Å²) in [4.78, 5) is 91.2.